The standard InChI is InChI=1S/C22H32N4O6S/c1-33-11-9-15(23)21(30)26-10-5-8-18(26)20(29)24-16(12-14-6-3-2-4-7-14)19(28)25-17(13-27)22(31)32/h2-4,6-7,15-18,27H,5,8-13,23H2,1H3,(H,24,29)(H,25,28)(H,31,32). The van der Waals surface area contributed by atoms with Gasteiger partial charge in [0, 0.05) is 13.0 Å². The lowest BCUT2D eigenvalue weighted by molar-refractivity contribution is -0.144. The van der Waals surface area contributed by atoms with Crippen molar-refractivity contribution in [2.24, 2.45) is 5.73 Å². The minimum Gasteiger partial charge on any atom is -0.480 e. The predicted octanol–water partition coefficient (Wildman–Crippen LogP) is -0.653. The van der Waals surface area contributed by atoms with E-state index in [2.05, 4.69) is 10.6 Å². The van der Waals surface area contributed by atoms with Gasteiger partial charge in [-0.25, -0.2) is 4.79 Å². The molecule has 0 aromatic heterocycles. The molecule has 1 aromatic carbocycles. The van der Waals surface area contributed by atoms with Gasteiger partial charge in [-0.15, -0.1) is 0 Å². The smallest absolute Gasteiger partial charge is 0.328 e. The van der Waals surface area contributed by atoms with Crippen LogP contribution in [0.5, 0.6) is 0 Å². The average Bonchev–Trinajstić information content (AvgIpc) is 3.30. The maximum atomic E-state index is 13.1. The minimum atomic E-state index is -1.49. The van der Waals surface area contributed by atoms with Gasteiger partial charge in [0.1, 0.15) is 18.1 Å². The fourth-order valence-corrected chi connectivity index (χ4v) is 4.16. The van der Waals surface area contributed by atoms with Crippen LogP contribution in [0.15, 0.2) is 30.3 Å². The molecule has 33 heavy (non-hydrogen) atoms. The van der Waals surface area contributed by atoms with Gasteiger partial charge in [0.2, 0.25) is 17.7 Å². The zero-order valence-corrected chi connectivity index (χ0v) is 19.4. The van der Waals surface area contributed by atoms with Gasteiger partial charge in [-0.05, 0) is 36.8 Å². The fraction of sp³-hybridized carbons (Fsp3) is 0.545. The van der Waals surface area contributed by atoms with Crippen molar-refractivity contribution < 1.29 is 29.4 Å². The maximum absolute atomic E-state index is 13.1. The van der Waals surface area contributed by atoms with E-state index in [1.807, 2.05) is 12.3 Å². The number of hydrogen-bond donors (Lipinski definition) is 5. The molecule has 0 spiro atoms. The van der Waals surface area contributed by atoms with Gasteiger partial charge in [-0.1, -0.05) is 30.3 Å². The van der Waals surface area contributed by atoms with Gasteiger partial charge < -0.3 is 31.5 Å². The number of nitrogens with zero attached hydrogens (tertiary/aromatic N) is 1. The van der Waals surface area contributed by atoms with Crippen LogP contribution in [0.25, 0.3) is 0 Å². The third-order valence-electron chi connectivity index (χ3n) is 5.50. The second-order valence-corrected chi connectivity index (χ2v) is 8.90. The molecule has 1 heterocycles. The van der Waals surface area contributed by atoms with Crippen molar-refractivity contribution in [3.63, 3.8) is 0 Å². The largest absolute Gasteiger partial charge is 0.480 e. The number of likely N-dealkylation sites (tertiary alicyclic amines) is 1. The van der Waals surface area contributed by atoms with Gasteiger partial charge in [0.25, 0.3) is 0 Å². The zero-order valence-electron chi connectivity index (χ0n) is 18.6. The van der Waals surface area contributed by atoms with Gasteiger partial charge in [0.05, 0.1) is 12.6 Å². The van der Waals surface area contributed by atoms with Gasteiger partial charge in [-0.2, -0.15) is 11.8 Å². The van der Waals surface area contributed by atoms with E-state index in [0.29, 0.717) is 25.8 Å². The molecule has 182 valence electrons. The SMILES string of the molecule is CSCCC(N)C(=O)N1CCCC1C(=O)NC(Cc1ccccc1)C(=O)NC(CO)C(=O)O. The Balaban J connectivity index is 2.14. The number of carbonyl (C=O) groups is 4. The molecule has 0 aliphatic carbocycles. The maximum Gasteiger partial charge on any atom is 0.328 e. The number of aliphatic carboxylic acids is 1. The second-order valence-electron chi connectivity index (χ2n) is 7.91. The molecule has 10 nitrogen and oxygen atoms in total. The number of carboxylic acid groups (broad SMARTS) is 1. The van der Waals surface area contributed by atoms with Crippen LogP contribution in [0.4, 0.5) is 0 Å². The van der Waals surface area contributed by atoms with E-state index in [1.54, 1.807) is 36.0 Å². The molecule has 2 rings (SSSR count). The quantitative estimate of drug-likeness (QED) is 0.263. The van der Waals surface area contributed by atoms with Gasteiger partial charge in [-0.3, -0.25) is 14.4 Å². The first-order valence-electron chi connectivity index (χ1n) is 10.8. The molecule has 11 heteroatoms. The zero-order chi connectivity index (χ0) is 24.4. The molecule has 4 atom stereocenters. The molecule has 1 aliphatic rings. The third kappa shape index (κ3) is 7.72. The molecular weight excluding hydrogens is 448 g/mol. The lowest BCUT2D eigenvalue weighted by Crippen LogP contribution is -2.57. The average molecular weight is 481 g/mol. The van der Waals surface area contributed by atoms with Crippen LogP contribution in [0.2, 0.25) is 0 Å². The van der Waals surface area contributed by atoms with Gasteiger partial charge >= 0.3 is 5.97 Å². The lowest BCUT2D eigenvalue weighted by atomic mass is 10.0. The number of amides is 3. The van der Waals surface area contributed by atoms with Crippen molar-refractivity contribution in [2.45, 2.75) is 49.9 Å². The first-order valence-corrected chi connectivity index (χ1v) is 12.2. The number of thioether (sulfide) groups is 1. The number of carbonyl (C=O) groups excluding carboxylic acids is 3. The van der Waals surface area contributed by atoms with Crippen molar-refractivity contribution in [1.29, 1.82) is 0 Å². The Bertz CT molecular complexity index is 824. The third-order valence-corrected chi connectivity index (χ3v) is 6.15. The van der Waals surface area contributed by atoms with Crippen LogP contribution >= 0.6 is 11.8 Å². The van der Waals surface area contributed by atoms with E-state index in [-0.39, 0.29) is 12.3 Å². The Morgan fingerprint density at radius 1 is 1.18 bits per heavy atom. The minimum absolute atomic E-state index is 0.115. The highest BCUT2D eigenvalue weighted by atomic mass is 32.2. The van der Waals surface area contributed by atoms with E-state index in [0.717, 1.165) is 11.3 Å². The Labute approximate surface area is 197 Å². The summed E-state index contributed by atoms with van der Waals surface area (Å²) in [5, 5.41) is 23.3. The van der Waals surface area contributed by atoms with Crippen LogP contribution in [-0.2, 0) is 25.6 Å². The number of aliphatic hydroxyl groups is 1. The van der Waals surface area contributed by atoms with Crippen LogP contribution in [0, 0.1) is 0 Å². The van der Waals surface area contributed by atoms with E-state index in [4.69, 9.17) is 10.8 Å². The molecule has 0 bridgehead atoms. The predicted molar refractivity (Wildman–Crippen MR) is 124 cm³/mol. The highest BCUT2D eigenvalue weighted by Gasteiger charge is 2.37. The number of carboxylic acids is 1. The first-order chi connectivity index (χ1) is 15.8. The van der Waals surface area contributed by atoms with E-state index < -0.39 is 48.6 Å². The summed E-state index contributed by atoms with van der Waals surface area (Å²) in [6, 6.07) is 4.91. The van der Waals surface area contributed by atoms with E-state index >= 15 is 0 Å². The van der Waals surface area contributed by atoms with Crippen molar-refractivity contribution in [1.82, 2.24) is 15.5 Å². The summed E-state index contributed by atoms with van der Waals surface area (Å²) < 4.78 is 0. The van der Waals surface area contributed by atoms with E-state index in [1.165, 1.54) is 4.90 Å². The Morgan fingerprint density at radius 3 is 2.48 bits per heavy atom. The highest BCUT2D eigenvalue weighted by Crippen LogP contribution is 2.19. The fourth-order valence-electron chi connectivity index (χ4n) is 3.67. The Kier molecular flexibility index (Phi) is 10.6. The number of nitrogens with one attached hydrogen (secondary N) is 2. The molecule has 0 radical (unpaired) electrons. The first kappa shape index (κ1) is 26.6. The second kappa shape index (κ2) is 13.2. The molecule has 1 aromatic rings. The molecular formula is C22H32N4O6S. The molecule has 3 amide bonds. The summed E-state index contributed by atoms with van der Waals surface area (Å²) in [4.78, 5) is 51.4. The Morgan fingerprint density at radius 2 is 1.88 bits per heavy atom. The summed E-state index contributed by atoms with van der Waals surface area (Å²) >= 11 is 1.58. The summed E-state index contributed by atoms with van der Waals surface area (Å²) in [6.45, 7) is -0.378. The highest BCUT2D eigenvalue weighted by molar-refractivity contribution is 7.98. The molecule has 1 fully saturated rings. The number of nitrogens with two attached hydrogens (primary N) is 1. The summed E-state index contributed by atoms with van der Waals surface area (Å²) in [5.74, 6) is -2.18. The molecule has 1 saturated heterocycles. The number of hydrogen-bond acceptors (Lipinski definition) is 7. The molecule has 1 aliphatic heterocycles. The number of benzene rings is 1. The summed E-state index contributed by atoms with van der Waals surface area (Å²) in [5.41, 5.74) is 6.77. The van der Waals surface area contributed by atoms with Crippen LogP contribution in [-0.4, -0.2) is 88.1 Å². The number of aliphatic hydroxyl groups excluding tert-OH is 1. The van der Waals surface area contributed by atoms with E-state index in [9.17, 15) is 24.3 Å². The molecule has 4 unspecified atom stereocenters. The summed E-state index contributed by atoms with van der Waals surface area (Å²) in [6.07, 6.45) is 3.62. The van der Waals surface area contributed by atoms with Crippen LogP contribution in [0.1, 0.15) is 24.8 Å². The van der Waals surface area contributed by atoms with Gasteiger partial charge in [0.15, 0.2) is 0 Å². The lowest BCUT2D eigenvalue weighted by Gasteiger charge is -2.28. The topological polar surface area (TPSA) is 162 Å². The normalized spacial score (nSPS) is 18.3. The van der Waals surface area contributed by atoms with Crippen molar-refractivity contribution in [3.8, 4) is 0 Å². The van der Waals surface area contributed by atoms with Crippen molar-refractivity contribution in [3.05, 3.63) is 35.9 Å². The Hall–Kier alpha value is -2.63. The van der Waals surface area contributed by atoms with Crippen molar-refractivity contribution >= 4 is 35.5 Å². The summed E-state index contributed by atoms with van der Waals surface area (Å²) in [7, 11) is 0. The number of rotatable bonds is 12. The van der Waals surface area contributed by atoms with Crippen LogP contribution in [0.3, 0.4) is 0 Å². The molecule has 6 N–H and O–H groups in total. The monoisotopic (exact) mass is 480 g/mol. The van der Waals surface area contributed by atoms with Crippen LogP contribution < -0.4 is 16.4 Å². The molecule has 0 saturated carbocycles. The van der Waals surface area contributed by atoms with Crippen molar-refractivity contribution in [2.75, 3.05) is 25.2 Å².